The number of hydrogen-bond donors (Lipinski definition) is 1. The molecule has 1 aromatic rings. The summed E-state index contributed by atoms with van der Waals surface area (Å²) >= 11 is 3.51. The minimum atomic E-state index is -0.856. The van der Waals surface area contributed by atoms with Crippen LogP contribution in [-0.2, 0) is 5.60 Å². The van der Waals surface area contributed by atoms with Crippen LogP contribution in [0.4, 0.5) is 0 Å². The van der Waals surface area contributed by atoms with E-state index in [0.29, 0.717) is 11.7 Å². The van der Waals surface area contributed by atoms with Crippen molar-refractivity contribution in [3.05, 3.63) is 22.6 Å². The van der Waals surface area contributed by atoms with E-state index >= 15 is 0 Å². The molecule has 1 aromatic heterocycles. The highest BCUT2D eigenvalue weighted by molar-refractivity contribution is 9.10. The molecule has 0 aromatic carbocycles. The van der Waals surface area contributed by atoms with Crippen LogP contribution < -0.4 is 0 Å². The summed E-state index contributed by atoms with van der Waals surface area (Å²) in [6.07, 6.45) is 5.07. The van der Waals surface area contributed by atoms with E-state index < -0.39 is 5.60 Å². The summed E-state index contributed by atoms with van der Waals surface area (Å²) in [5, 5.41) is 11.4. The van der Waals surface area contributed by atoms with E-state index in [1.54, 1.807) is 6.26 Å². The van der Waals surface area contributed by atoms with Crippen LogP contribution in [0.2, 0.25) is 0 Å². The lowest BCUT2D eigenvalue weighted by Gasteiger charge is -2.49. The fourth-order valence-electron chi connectivity index (χ4n) is 4.38. The van der Waals surface area contributed by atoms with Crippen LogP contribution >= 0.6 is 15.9 Å². The lowest BCUT2D eigenvalue weighted by molar-refractivity contribution is -0.163. The van der Waals surface area contributed by atoms with Crippen molar-refractivity contribution in [3.8, 4) is 0 Å². The third-order valence-electron chi connectivity index (χ3n) is 5.51. The van der Waals surface area contributed by atoms with Crippen LogP contribution in [-0.4, -0.2) is 5.11 Å². The standard InChI is InChI=1S/C14H19BrO2/c1-12(2)9-4-6-13(3,8-9)14(12,16)11-10(15)5-7-17-11/h5,7,9,16H,4,6,8H2,1-3H3. The molecule has 0 radical (unpaired) electrons. The van der Waals surface area contributed by atoms with Crippen LogP contribution in [0, 0.1) is 16.7 Å². The SMILES string of the molecule is CC12CCC(C1)C(C)(C)C2(O)c1occc1Br. The molecule has 3 unspecified atom stereocenters. The molecule has 94 valence electrons. The minimum absolute atomic E-state index is 0.0540. The highest BCUT2D eigenvalue weighted by Crippen LogP contribution is 2.72. The fourth-order valence-corrected chi connectivity index (χ4v) is 4.87. The summed E-state index contributed by atoms with van der Waals surface area (Å²) in [5.74, 6) is 1.31. The van der Waals surface area contributed by atoms with E-state index in [2.05, 4.69) is 36.7 Å². The van der Waals surface area contributed by atoms with Gasteiger partial charge >= 0.3 is 0 Å². The van der Waals surface area contributed by atoms with Gasteiger partial charge in [-0.15, -0.1) is 0 Å². The first-order valence-corrected chi connectivity index (χ1v) is 7.08. The molecule has 3 heteroatoms. The lowest BCUT2D eigenvalue weighted by atomic mass is 9.59. The first kappa shape index (κ1) is 11.8. The van der Waals surface area contributed by atoms with Crippen molar-refractivity contribution in [2.45, 2.75) is 45.6 Å². The zero-order valence-corrected chi connectivity index (χ0v) is 12.2. The molecular formula is C14H19BrO2. The molecule has 0 amide bonds. The van der Waals surface area contributed by atoms with Gasteiger partial charge in [-0.2, -0.15) is 0 Å². The number of fused-ring (bicyclic) bond motifs is 2. The molecule has 2 saturated carbocycles. The Kier molecular flexibility index (Phi) is 2.21. The molecule has 2 aliphatic carbocycles. The summed E-state index contributed by atoms with van der Waals surface area (Å²) in [5.41, 5.74) is -1.03. The molecule has 1 heterocycles. The summed E-state index contributed by atoms with van der Waals surface area (Å²) in [7, 11) is 0. The van der Waals surface area contributed by atoms with Crippen molar-refractivity contribution < 1.29 is 9.52 Å². The molecule has 3 rings (SSSR count). The van der Waals surface area contributed by atoms with E-state index in [-0.39, 0.29) is 10.8 Å². The molecule has 1 N–H and O–H groups in total. The molecule has 0 saturated heterocycles. The smallest absolute Gasteiger partial charge is 0.150 e. The van der Waals surface area contributed by atoms with Gasteiger partial charge in [0, 0.05) is 10.8 Å². The molecule has 0 aliphatic heterocycles. The van der Waals surface area contributed by atoms with E-state index in [9.17, 15) is 5.11 Å². The Hall–Kier alpha value is -0.280. The largest absolute Gasteiger partial charge is 0.465 e. The van der Waals surface area contributed by atoms with Gasteiger partial charge in [-0.25, -0.2) is 0 Å². The van der Waals surface area contributed by atoms with Gasteiger partial charge in [0.15, 0.2) is 5.76 Å². The molecule has 17 heavy (non-hydrogen) atoms. The molecule has 3 atom stereocenters. The number of aliphatic hydroxyl groups is 1. The van der Waals surface area contributed by atoms with Crippen LogP contribution in [0.3, 0.4) is 0 Å². The molecule has 2 aliphatic rings. The van der Waals surface area contributed by atoms with Gasteiger partial charge in [-0.3, -0.25) is 0 Å². The maximum Gasteiger partial charge on any atom is 0.150 e. The summed E-state index contributed by atoms with van der Waals surface area (Å²) in [6, 6.07) is 1.87. The topological polar surface area (TPSA) is 33.4 Å². The third kappa shape index (κ3) is 1.15. The predicted octanol–water partition coefficient (Wildman–Crippen LogP) is 4.08. The van der Waals surface area contributed by atoms with E-state index in [0.717, 1.165) is 17.3 Å². The zero-order valence-electron chi connectivity index (χ0n) is 10.6. The van der Waals surface area contributed by atoms with Crippen molar-refractivity contribution >= 4 is 15.9 Å². The lowest BCUT2D eigenvalue weighted by Crippen LogP contribution is -2.51. The Morgan fingerprint density at radius 1 is 1.41 bits per heavy atom. The average Bonchev–Trinajstić information content (AvgIpc) is 2.86. The summed E-state index contributed by atoms with van der Waals surface area (Å²) < 4.78 is 6.50. The van der Waals surface area contributed by atoms with Gasteiger partial charge in [0.1, 0.15) is 5.60 Å². The van der Waals surface area contributed by atoms with Gasteiger partial charge in [-0.1, -0.05) is 20.8 Å². The highest BCUT2D eigenvalue weighted by atomic mass is 79.9. The average molecular weight is 299 g/mol. The molecule has 2 fully saturated rings. The van der Waals surface area contributed by atoms with Gasteiger partial charge in [-0.05, 0) is 47.2 Å². The van der Waals surface area contributed by atoms with Gasteiger partial charge in [0.25, 0.3) is 0 Å². The first-order valence-electron chi connectivity index (χ1n) is 6.29. The van der Waals surface area contributed by atoms with Crippen LogP contribution in [0.25, 0.3) is 0 Å². The molecule has 2 bridgehead atoms. The molecule has 0 spiro atoms. The van der Waals surface area contributed by atoms with Crippen molar-refractivity contribution in [3.63, 3.8) is 0 Å². The Balaban J connectivity index is 2.21. The normalized spacial score (nSPS) is 43.2. The van der Waals surface area contributed by atoms with Gasteiger partial charge in [0.2, 0.25) is 0 Å². The fraction of sp³-hybridized carbons (Fsp3) is 0.714. The summed E-state index contributed by atoms with van der Waals surface area (Å²) in [6.45, 7) is 6.56. The minimum Gasteiger partial charge on any atom is -0.465 e. The zero-order chi connectivity index (χ0) is 12.5. The second-order valence-corrected chi connectivity index (χ2v) is 7.38. The number of furan rings is 1. The maximum atomic E-state index is 11.4. The van der Waals surface area contributed by atoms with Crippen molar-refractivity contribution in [1.29, 1.82) is 0 Å². The third-order valence-corrected chi connectivity index (χ3v) is 6.14. The van der Waals surface area contributed by atoms with E-state index in [1.165, 1.54) is 6.42 Å². The van der Waals surface area contributed by atoms with E-state index in [1.807, 2.05) is 6.07 Å². The predicted molar refractivity (Wildman–Crippen MR) is 69.5 cm³/mol. The highest BCUT2D eigenvalue weighted by Gasteiger charge is 2.70. The quantitative estimate of drug-likeness (QED) is 0.847. The van der Waals surface area contributed by atoms with Gasteiger partial charge in [0.05, 0.1) is 10.7 Å². The van der Waals surface area contributed by atoms with Crippen molar-refractivity contribution in [1.82, 2.24) is 0 Å². The van der Waals surface area contributed by atoms with Crippen LogP contribution in [0.5, 0.6) is 0 Å². The second-order valence-electron chi connectivity index (χ2n) is 6.53. The number of rotatable bonds is 1. The second kappa shape index (κ2) is 3.18. The molecular weight excluding hydrogens is 280 g/mol. The molecule has 2 nitrogen and oxygen atoms in total. The Morgan fingerprint density at radius 3 is 2.59 bits per heavy atom. The Bertz CT molecular complexity index is 458. The van der Waals surface area contributed by atoms with Crippen molar-refractivity contribution in [2.75, 3.05) is 0 Å². The van der Waals surface area contributed by atoms with Gasteiger partial charge < -0.3 is 9.52 Å². The Labute approximate surface area is 111 Å². The van der Waals surface area contributed by atoms with Crippen LogP contribution in [0.15, 0.2) is 21.2 Å². The first-order chi connectivity index (χ1) is 7.83. The number of hydrogen-bond acceptors (Lipinski definition) is 2. The van der Waals surface area contributed by atoms with Crippen molar-refractivity contribution in [2.24, 2.45) is 16.7 Å². The van der Waals surface area contributed by atoms with E-state index in [4.69, 9.17) is 4.42 Å². The summed E-state index contributed by atoms with van der Waals surface area (Å²) in [4.78, 5) is 0. The monoisotopic (exact) mass is 298 g/mol. The maximum absolute atomic E-state index is 11.4. The number of halogens is 1. The van der Waals surface area contributed by atoms with Crippen LogP contribution in [0.1, 0.15) is 45.8 Å². The Morgan fingerprint density at radius 2 is 2.12 bits per heavy atom.